The Labute approximate surface area is 57.3 Å². The molecule has 1 aromatic rings. The predicted octanol–water partition coefficient (Wildman–Crippen LogP) is 1.11. The van der Waals surface area contributed by atoms with Crippen molar-refractivity contribution in [2.75, 3.05) is 5.32 Å². The summed E-state index contributed by atoms with van der Waals surface area (Å²) in [6.45, 7) is 0. The molecule has 0 amide bonds. The Kier molecular flexibility index (Phi) is 1.12. The topological polar surface area (TPSA) is 37.8 Å². The van der Waals surface area contributed by atoms with Crippen molar-refractivity contribution in [2.45, 2.75) is 18.9 Å². The van der Waals surface area contributed by atoms with Gasteiger partial charge in [0, 0.05) is 17.6 Å². The highest BCUT2D eigenvalue weighted by molar-refractivity contribution is 7.09. The fraction of sp³-hybridized carbons (Fsp3) is 0.600. The lowest BCUT2D eigenvalue weighted by Gasteiger charge is -1.93. The lowest BCUT2D eigenvalue weighted by molar-refractivity contribution is 1.14. The van der Waals surface area contributed by atoms with Crippen molar-refractivity contribution in [1.29, 1.82) is 0 Å². The summed E-state index contributed by atoms with van der Waals surface area (Å²) in [7, 11) is 0. The minimum absolute atomic E-state index is 0.693. The average Bonchev–Trinajstić information content (AvgIpc) is 2.46. The van der Waals surface area contributed by atoms with Gasteiger partial charge in [-0.15, -0.1) is 0 Å². The maximum absolute atomic E-state index is 3.99. The number of hydrogen-bond donors (Lipinski definition) is 1. The number of rotatable bonds is 2. The lowest BCUT2D eigenvalue weighted by Crippen LogP contribution is -1.98. The predicted molar refractivity (Wildman–Crippen MR) is 36.6 cm³/mol. The summed E-state index contributed by atoms with van der Waals surface area (Å²) in [4.78, 5) is 3.99. The van der Waals surface area contributed by atoms with Gasteiger partial charge in [0.15, 0.2) is 0 Å². The molecule has 0 unspecified atom stereocenters. The van der Waals surface area contributed by atoms with Crippen LogP contribution in [0.5, 0.6) is 0 Å². The molecule has 0 aromatic carbocycles. The van der Waals surface area contributed by atoms with E-state index >= 15 is 0 Å². The van der Waals surface area contributed by atoms with Gasteiger partial charge in [0.05, 0.1) is 0 Å². The molecule has 1 aliphatic rings. The summed E-state index contributed by atoms with van der Waals surface area (Å²) in [5, 5.41) is 4.20. The molecule has 1 N–H and O–H groups in total. The summed E-state index contributed by atoms with van der Waals surface area (Å²) in [5.41, 5.74) is 0. The van der Waals surface area contributed by atoms with Gasteiger partial charge in [0.2, 0.25) is 5.13 Å². The summed E-state index contributed by atoms with van der Waals surface area (Å²) < 4.78 is 3.87. The molecule has 0 atom stereocenters. The van der Waals surface area contributed by atoms with Crippen LogP contribution in [0, 0.1) is 0 Å². The molecular formula is C5H7N3S. The van der Waals surface area contributed by atoms with Crippen molar-refractivity contribution >= 4 is 16.7 Å². The van der Waals surface area contributed by atoms with Gasteiger partial charge in [-0.25, -0.2) is 4.98 Å². The largest absolute Gasteiger partial charge is 0.358 e. The van der Waals surface area contributed by atoms with Crippen molar-refractivity contribution in [3.05, 3.63) is 6.33 Å². The molecule has 0 radical (unpaired) electrons. The lowest BCUT2D eigenvalue weighted by atomic mass is 10.7. The minimum atomic E-state index is 0.693. The van der Waals surface area contributed by atoms with Crippen LogP contribution in [0.1, 0.15) is 12.8 Å². The molecule has 0 saturated heterocycles. The Bertz CT molecular complexity index is 180. The normalized spacial score (nSPS) is 17.8. The molecule has 1 saturated carbocycles. The molecule has 48 valence electrons. The van der Waals surface area contributed by atoms with Crippen LogP contribution >= 0.6 is 11.5 Å². The maximum atomic E-state index is 3.99. The van der Waals surface area contributed by atoms with E-state index in [0.717, 1.165) is 5.13 Å². The van der Waals surface area contributed by atoms with E-state index in [1.807, 2.05) is 0 Å². The van der Waals surface area contributed by atoms with Crippen molar-refractivity contribution in [3.63, 3.8) is 0 Å². The fourth-order valence-corrected chi connectivity index (χ4v) is 1.15. The molecule has 4 heteroatoms. The van der Waals surface area contributed by atoms with Gasteiger partial charge in [0.25, 0.3) is 0 Å². The average molecular weight is 141 g/mol. The number of aromatic nitrogens is 2. The third-order valence-corrected chi connectivity index (χ3v) is 1.86. The second-order valence-electron chi connectivity index (χ2n) is 2.17. The first-order chi connectivity index (χ1) is 4.45. The van der Waals surface area contributed by atoms with Crippen LogP contribution in [-0.4, -0.2) is 15.4 Å². The summed E-state index contributed by atoms with van der Waals surface area (Å²) in [6.07, 6.45) is 4.16. The Morgan fingerprint density at radius 3 is 3.11 bits per heavy atom. The van der Waals surface area contributed by atoms with Crippen LogP contribution in [-0.2, 0) is 0 Å². The second-order valence-corrected chi connectivity index (χ2v) is 2.95. The quantitative estimate of drug-likeness (QED) is 0.670. The summed E-state index contributed by atoms with van der Waals surface area (Å²) in [5.74, 6) is 0. The molecule has 0 aliphatic heterocycles. The molecule has 1 fully saturated rings. The van der Waals surface area contributed by atoms with Crippen LogP contribution in [0.25, 0.3) is 0 Å². The third kappa shape index (κ3) is 1.18. The first-order valence-electron chi connectivity index (χ1n) is 2.98. The fourth-order valence-electron chi connectivity index (χ4n) is 0.639. The zero-order valence-corrected chi connectivity index (χ0v) is 5.69. The second kappa shape index (κ2) is 1.95. The summed E-state index contributed by atoms with van der Waals surface area (Å²) in [6, 6.07) is 0.693. The van der Waals surface area contributed by atoms with Gasteiger partial charge in [-0.1, -0.05) is 0 Å². The third-order valence-electron chi connectivity index (χ3n) is 1.27. The highest BCUT2D eigenvalue weighted by Gasteiger charge is 2.21. The number of nitrogens with one attached hydrogen (secondary N) is 1. The van der Waals surface area contributed by atoms with E-state index in [0.29, 0.717) is 6.04 Å². The van der Waals surface area contributed by atoms with Crippen molar-refractivity contribution in [2.24, 2.45) is 0 Å². The van der Waals surface area contributed by atoms with Gasteiger partial charge in [-0.3, -0.25) is 0 Å². The van der Waals surface area contributed by atoms with Crippen molar-refractivity contribution in [1.82, 2.24) is 9.36 Å². The van der Waals surface area contributed by atoms with E-state index < -0.39 is 0 Å². The SMILES string of the molecule is c1nsc(NC2CC2)n1. The molecular weight excluding hydrogens is 134 g/mol. The zero-order valence-electron chi connectivity index (χ0n) is 4.87. The van der Waals surface area contributed by atoms with Crippen LogP contribution < -0.4 is 5.32 Å². The Hall–Kier alpha value is -0.640. The Morgan fingerprint density at radius 1 is 1.67 bits per heavy atom. The minimum Gasteiger partial charge on any atom is -0.358 e. The van der Waals surface area contributed by atoms with E-state index in [2.05, 4.69) is 14.7 Å². The molecule has 1 aliphatic carbocycles. The molecule has 1 aromatic heterocycles. The van der Waals surface area contributed by atoms with Crippen LogP contribution in [0.15, 0.2) is 6.33 Å². The van der Waals surface area contributed by atoms with E-state index in [1.54, 1.807) is 6.33 Å². The van der Waals surface area contributed by atoms with Crippen molar-refractivity contribution < 1.29 is 0 Å². The molecule has 1 heterocycles. The number of nitrogens with zero attached hydrogens (tertiary/aromatic N) is 2. The standard InChI is InChI=1S/C5H7N3S/c1-2-4(1)8-5-6-3-7-9-5/h3-4H,1-2H2,(H,6,7,8). The zero-order chi connectivity index (χ0) is 6.10. The number of anilines is 1. The monoisotopic (exact) mass is 141 g/mol. The Balaban J connectivity index is 1.99. The molecule has 3 nitrogen and oxygen atoms in total. The van der Waals surface area contributed by atoms with E-state index in [1.165, 1.54) is 24.4 Å². The highest BCUT2D eigenvalue weighted by Crippen LogP contribution is 2.24. The maximum Gasteiger partial charge on any atom is 0.202 e. The highest BCUT2D eigenvalue weighted by atomic mass is 32.1. The summed E-state index contributed by atoms with van der Waals surface area (Å²) >= 11 is 1.42. The first-order valence-corrected chi connectivity index (χ1v) is 3.76. The van der Waals surface area contributed by atoms with Gasteiger partial charge in [-0.2, -0.15) is 4.37 Å². The van der Waals surface area contributed by atoms with E-state index in [4.69, 9.17) is 0 Å². The Morgan fingerprint density at radius 2 is 2.56 bits per heavy atom. The van der Waals surface area contributed by atoms with E-state index in [-0.39, 0.29) is 0 Å². The molecule has 9 heavy (non-hydrogen) atoms. The van der Waals surface area contributed by atoms with Gasteiger partial charge in [-0.05, 0) is 12.8 Å². The first kappa shape index (κ1) is 5.17. The van der Waals surface area contributed by atoms with Crippen LogP contribution in [0.4, 0.5) is 5.13 Å². The number of hydrogen-bond acceptors (Lipinski definition) is 4. The van der Waals surface area contributed by atoms with Crippen LogP contribution in [0.2, 0.25) is 0 Å². The van der Waals surface area contributed by atoms with Crippen LogP contribution in [0.3, 0.4) is 0 Å². The molecule has 0 spiro atoms. The smallest absolute Gasteiger partial charge is 0.202 e. The van der Waals surface area contributed by atoms with Crippen molar-refractivity contribution in [3.8, 4) is 0 Å². The van der Waals surface area contributed by atoms with Gasteiger partial charge >= 0.3 is 0 Å². The molecule has 2 rings (SSSR count). The van der Waals surface area contributed by atoms with E-state index in [9.17, 15) is 0 Å². The van der Waals surface area contributed by atoms with Gasteiger partial charge < -0.3 is 5.32 Å². The molecule has 0 bridgehead atoms. The van der Waals surface area contributed by atoms with Gasteiger partial charge in [0.1, 0.15) is 6.33 Å².